The minimum atomic E-state index is -4.41. The molecule has 0 radical (unpaired) electrons. The molecule has 2 rings (SSSR count). The van der Waals surface area contributed by atoms with Crippen LogP contribution in [0.15, 0.2) is 36.1 Å². The number of primary amides is 1. The van der Waals surface area contributed by atoms with Crippen molar-refractivity contribution < 1.29 is 22.7 Å². The number of nitrogens with two attached hydrogens (primary N) is 1. The number of halogens is 3. The van der Waals surface area contributed by atoms with E-state index in [0.717, 1.165) is 11.6 Å². The zero-order valence-corrected chi connectivity index (χ0v) is 16.5. The first-order valence-corrected chi connectivity index (χ1v) is 9.31. The van der Waals surface area contributed by atoms with Gasteiger partial charge in [0.2, 0.25) is 5.91 Å². The lowest BCUT2D eigenvalue weighted by atomic mass is 9.71. The van der Waals surface area contributed by atoms with Crippen molar-refractivity contribution in [2.45, 2.75) is 45.8 Å². The molecule has 1 amide bonds. The highest BCUT2D eigenvalue weighted by Gasteiger charge is 2.35. The van der Waals surface area contributed by atoms with Gasteiger partial charge in [-0.25, -0.2) is 0 Å². The van der Waals surface area contributed by atoms with Gasteiger partial charge in [-0.1, -0.05) is 26.0 Å². The second-order valence-electron chi connectivity index (χ2n) is 7.07. The predicted molar refractivity (Wildman–Crippen MR) is 103 cm³/mol. The maximum atomic E-state index is 13.2. The number of hydrogen-bond donors (Lipinski definition) is 2. The molecule has 1 aliphatic rings. The van der Waals surface area contributed by atoms with Gasteiger partial charge in [0.15, 0.2) is 0 Å². The van der Waals surface area contributed by atoms with Crippen molar-refractivity contribution in [3.8, 4) is 0 Å². The van der Waals surface area contributed by atoms with Crippen LogP contribution in [-0.4, -0.2) is 19.6 Å². The van der Waals surface area contributed by atoms with Crippen molar-refractivity contribution in [2.24, 2.45) is 11.1 Å². The van der Waals surface area contributed by atoms with Crippen LogP contribution in [0.5, 0.6) is 0 Å². The SMILES string of the molecule is CCNCc1cc(C(F)(F)F)ccc1C1=C(OC)C=CC(CC)(CC(N)=O)C1. The van der Waals surface area contributed by atoms with Gasteiger partial charge in [-0.2, -0.15) is 13.2 Å². The summed E-state index contributed by atoms with van der Waals surface area (Å²) in [6, 6.07) is 3.76. The molecule has 0 spiro atoms. The van der Waals surface area contributed by atoms with Crippen LogP contribution in [0.4, 0.5) is 13.2 Å². The van der Waals surface area contributed by atoms with Crippen LogP contribution in [0.1, 0.15) is 49.8 Å². The number of nitrogens with one attached hydrogen (secondary N) is 1. The minimum absolute atomic E-state index is 0.170. The molecule has 0 fully saturated rings. The maximum Gasteiger partial charge on any atom is 0.416 e. The van der Waals surface area contributed by atoms with E-state index in [1.807, 2.05) is 19.9 Å². The van der Waals surface area contributed by atoms with Crippen molar-refractivity contribution in [1.29, 1.82) is 0 Å². The Hall–Kier alpha value is -2.28. The summed E-state index contributed by atoms with van der Waals surface area (Å²) in [4.78, 5) is 11.6. The topological polar surface area (TPSA) is 64.3 Å². The average Bonchev–Trinajstić information content (AvgIpc) is 2.64. The molecule has 0 aliphatic heterocycles. The van der Waals surface area contributed by atoms with E-state index in [0.29, 0.717) is 42.8 Å². The fourth-order valence-corrected chi connectivity index (χ4v) is 3.58. The van der Waals surface area contributed by atoms with Gasteiger partial charge in [-0.3, -0.25) is 4.79 Å². The normalized spacial score (nSPS) is 19.8. The van der Waals surface area contributed by atoms with Crippen molar-refractivity contribution in [1.82, 2.24) is 5.32 Å². The third kappa shape index (κ3) is 4.95. The summed E-state index contributed by atoms with van der Waals surface area (Å²) in [5, 5.41) is 3.10. The van der Waals surface area contributed by atoms with Crippen LogP contribution in [-0.2, 0) is 22.3 Å². The molecule has 28 heavy (non-hydrogen) atoms. The second-order valence-corrected chi connectivity index (χ2v) is 7.07. The maximum absolute atomic E-state index is 13.2. The number of rotatable bonds is 8. The molecule has 4 nitrogen and oxygen atoms in total. The minimum Gasteiger partial charge on any atom is -0.496 e. The van der Waals surface area contributed by atoms with Crippen LogP contribution < -0.4 is 11.1 Å². The van der Waals surface area contributed by atoms with E-state index < -0.39 is 23.1 Å². The lowest BCUT2D eigenvalue weighted by molar-refractivity contribution is -0.137. The zero-order chi connectivity index (χ0) is 20.9. The molecule has 154 valence electrons. The van der Waals surface area contributed by atoms with Gasteiger partial charge < -0.3 is 15.8 Å². The lowest BCUT2D eigenvalue weighted by Gasteiger charge is -2.34. The van der Waals surface area contributed by atoms with Crippen LogP contribution >= 0.6 is 0 Å². The largest absolute Gasteiger partial charge is 0.496 e. The van der Waals surface area contributed by atoms with Crippen molar-refractivity contribution in [3.63, 3.8) is 0 Å². The Morgan fingerprint density at radius 1 is 1.32 bits per heavy atom. The number of carbonyl (C=O) groups excluding carboxylic acids is 1. The summed E-state index contributed by atoms with van der Waals surface area (Å²) in [5.74, 6) is 0.179. The van der Waals surface area contributed by atoms with E-state index in [-0.39, 0.29) is 6.42 Å². The van der Waals surface area contributed by atoms with E-state index in [4.69, 9.17) is 10.5 Å². The van der Waals surface area contributed by atoms with Crippen LogP contribution in [0, 0.1) is 5.41 Å². The first kappa shape index (κ1) is 22.0. The second kappa shape index (κ2) is 8.82. The molecule has 7 heteroatoms. The molecule has 1 aromatic carbocycles. The highest BCUT2D eigenvalue weighted by molar-refractivity contribution is 5.78. The Morgan fingerprint density at radius 2 is 2.04 bits per heavy atom. The molecule has 1 unspecified atom stereocenters. The summed E-state index contributed by atoms with van der Waals surface area (Å²) in [5.41, 5.74) is 6.31. The van der Waals surface area contributed by atoms with Gasteiger partial charge in [0.05, 0.1) is 12.7 Å². The number of benzene rings is 1. The summed E-state index contributed by atoms with van der Waals surface area (Å²) in [6.07, 6.45) is 0.619. The Bertz CT molecular complexity index is 784. The molecule has 1 aliphatic carbocycles. The number of allylic oxidation sites excluding steroid dienone is 3. The van der Waals surface area contributed by atoms with Crippen LogP contribution in [0.2, 0.25) is 0 Å². The molecular weight excluding hydrogens is 369 g/mol. The quantitative estimate of drug-likeness (QED) is 0.684. The summed E-state index contributed by atoms with van der Waals surface area (Å²) >= 11 is 0. The fourth-order valence-electron chi connectivity index (χ4n) is 3.58. The smallest absolute Gasteiger partial charge is 0.416 e. The van der Waals surface area contributed by atoms with E-state index in [1.54, 1.807) is 6.08 Å². The summed E-state index contributed by atoms with van der Waals surface area (Å²) in [7, 11) is 1.53. The predicted octanol–water partition coefficient (Wildman–Crippen LogP) is 4.40. The number of ether oxygens (including phenoxy) is 1. The molecular formula is C21H27F3N2O2. The van der Waals surface area contributed by atoms with Gasteiger partial charge in [0.25, 0.3) is 0 Å². The summed E-state index contributed by atoms with van der Waals surface area (Å²) in [6.45, 7) is 4.79. The Morgan fingerprint density at radius 3 is 2.57 bits per heavy atom. The third-order valence-electron chi connectivity index (χ3n) is 5.19. The fraction of sp³-hybridized carbons (Fsp3) is 0.476. The number of alkyl halides is 3. The summed E-state index contributed by atoms with van der Waals surface area (Å²) < 4.78 is 45.1. The molecule has 0 heterocycles. The first-order valence-electron chi connectivity index (χ1n) is 9.31. The lowest BCUT2D eigenvalue weighted by Crippen LogP contribution is -2.28. The van der Waals surface area contributed by atoms with Gasteiger partial charge in [0.1, 0.15) is 5.76 Å². The Balaban J connectivity index is 2.56. The van der Waals surface area contributed by atoms with E-state index >= 15 is 0 Å². The van der Waals surface area contributed by atoms with Gasteiger partial charge >= 0.3 is 6.18 Å². The Labute approximate surface area is 163 Å². The van der Waals surface area contributed by atoms with Crippen LogP contribution in [0.3, 0.4) is 0 Å². The zero-order valence-electron chi connectivity index (χ0n) is 16.5. The molecule has 0 saturated heterocycles. The number of hydrogen-bond acceptors (Lipinski definition) is 3. The van der Waals surface area contributed by atoms with Crippen molar-refractivity contribution in [3.05, 3.63) is 52.8 Å². The highest BCUT2D eigenvalue weighted by Crippen LogP contribution is 2.45. The number of amides is 1. The van der Waals surface area contributed by atoms with Gasteiger partial charge in [-0.05, 0) is 48.7 Å². The van der Waals surface area contributed by atoms with Crippen LogP contribution in [0.25, 0.3) is 5.57 Å². The van der Waals surface area contributed by atoms with E-state index in [2.05, 4.69) is 5.32 Å². The molecule has 0 saturated carbocycles. The number of carbonyl (C=O) groups is 1. The van der Waals surface area contributed by atoms with E-state index in [9.17, 15) is 18.0 Å². The van der Waals surface area contributed by atoms with Crippen molar-refractivity contribution >= 4 is 11.5 Å². The monoisotopic (exact) mass is 396 g/mol. The highest BCUT2D eigenvalue weighted by atomic mass is 19.4. The standard InChI is InChI=1S/C21H27F3N2O2/c1-4-20(12-19(25)27)9-8-18(28-3)17(11-20)16-7-6-15(21(22,23)24)10-14(16)13-26-5-2/h6-10,26H,4-5,11-13H2,1-3H3,(H2,25,27). The molecule has 3 N–H and O–H groups in total. The van der Waals surface area contributed by atoms with Crippen molar-refractivity contribution in [2.75, 3.05) is 13.7 Å². The third-order valence-corrected chi connectivity index (χ3v) is 5.19. The van der Waals surface area contributed by atoms with Gasteiger partial charge in [-0.15, -0.1) is 0 Å². The van der Waals surface area contributed by atoms with E-state index in [1.165, 1.54) is 19.2 Å². The molecule has 0 bridgehead atoms. The molecule has 1 atom stereocenters. The molecule has 1 aromatic rings. The first-order chi connectivity index (χ1) is 13.2. The van der Waals surface area contributed by atoms with Gasteiger partial charge in [0, 0.05) is 24.0 Å². The molecule has 0 aromatic heterocycles. The Kier molecular flexibility index (Phi) is 6.93. The average molecular weight is 396 g/mol. The number of methoxy groups -OCH3 is 1.